The number of hydrogen-bond donors (Lipinski definition) is 0. The number of aromatic nitrogens is 3. The molecule has 140 valence electrons. The van der Waals surface area contributed by atoms with Crippen LogP contribution in [0, 0.1) is 11.8 Å². The van der Waals surface area contributed by atoms with E-state index in [1.807, 2.05) is 13.8 Å². The van der Waals surface area contributed by atoms with E-state index in [-0.39, 0.29) is 11.9 Å². The zero-order chi connectivity index (χ0) is 19.6. The van der Waals surface area contributed by atoms with Crippen molar-refractivity contribution in [1.29, 1.82) is 0 Å². The number of halogens is 2. The van der Waals surface area contributed by atoms with Crippen LogP contribution in [0.2, 0.25) is 0 Å². The number of nitrogens with zero attached hydrogens (tertiary/aromatic N) is 4. The Balaban J connectivity index is 1.89. The van der Waals surface area contributed by atoms with E-state index in [2.05, 4.69) is 9.97 Å². The Morgan fingerprint density at radius 3 is 2.56 bits per heavy atom. The minimum atomic E-state index is -0.623. The molecule has 0 atom stereocenters. The van der Waals surface area contributed by atoms with Crippen molar-refractivity contribution in [2.24, 2.45) is 7.05 Å². The number of carbonyl (C=O) groups excluding carboxylic acids is 1. The fourth-order valence-electron chi connectivity index (χ4n) is 2.78. The summed E-state index contributed by atoms with van der Waals surface area (Å²) in [6.45, 7) is 4.12. The standard InChI is InChI=1S/C20H20F2N4O/c1-13(2)26(20(27)18-11-25(3)12-24-18)10-14-4-6-17(21)16(8-14)15-5-7-19(22)23-9-15/h4-9,11-13H,10H2,1-3H3. The third-order valence-electron chi connectivity index (χ3n) is 4.23. The molecule has 0 saturated carbocycles. The van der Waals surface area contributed by atoms with Gasteiger partial charge in [-0.05, 0) is 43.7 Å². The Morgan fingerprint density at radius 2 is 1.96 bits per heavy atom. The normalized spacial score (nSPS) is 11.0. The smallest absolute Gasteiger partial charge is 0.274 e. The molecular formula is C20H20F2N4O. The highest BCUT2D eigenvalue weighted by Gasteiger charge is 2.21. The molecule has 0 spiro atoms. The number of amides is 1. The van der Waals surface area contributed by atoms with Gasteiger partial charge in [0.05, 0.1) is 6.33 Å². The lowest BCUT2D eigenvalue weighted by Crippen LogP contribution is -2.36. The molecule has 3 aromatic rings. The summed E-state index contributed by atoms with van der Waals surface area (Å²) >= 11 is 0. The van der Waals surface area contributed by atoms with Gasteiger partial charge in [0.25, 0.3) is 5.91 Å². The highest BCUT2D eigenvalue weighted by atomic mass is 19.1. The minimum absolute atomic E-state index is 0.0690. The van der Waals surface area contributed by atoms with E-state index >= 15 is 0 Å². The van der Waals surface area contributed by atoms with Crippen LogP contribution >= 0.6 is 0 Å². The van der Waals surface area contributed by atoms with E-state index in [4.69, 9.17) is 0 Å². The minimum Gasteiger partial charge on any atom is -0.340 e. The SMILES string of the molecule is CC(C)N(Cc1ccc(F)c(-c2ccc(F)nc2)c1)C(=O)c1cn(C)cn1. The predicted molar refractivity (Wildman–Crippen MR) is 97.8 cm³/mol. The molecule has 27 heavy (non-hydrogen) atoms. The molecule has 0 aliphatic heterocycles. The average molecular weight is 370 g/mol. The summed E-state index contributed by atoms with van der Waals surface area (Å²) < 4.78 is 29.0. The molecular weight excluding hydrogens is 350 g/mol. The second-order valence-electron chi connectivity index (χ2n) is 6.63. The molecule has 0 fully saturated rings. The van der Waals surface area contributed by atoms with Gasteiger partial charge in [-0.15, -0.1) is 0 Å². The van der Waals surface area contributed by atoms with Crippen molar-refractivity contribution in [2.75, 3.05) is 0 Å². The second kappa shape index (κ2) is 7.65. The number of imidazole rings is 1. The summed E-state index contributed by atoms with van der Waals surface area (Å²) in [4.78, 5) is 22.1. The van der Waals surface area contributed by atoms with Crippen molar-refractivity contribution >= 4 is 5.91 Å². The second-order valence-corrected chi connectivity index (χ2v) is 6.63. The average Bonchev–Trinajstić information content (AvgIpc) is 3.07. The van der Waals surface area contributed by atoms with Gasteiger partial charge in [-0.2, -0.15) is 4.39 Å². The van der Waals surface area contributed by atoms with Crippen LogP contribution in [0.25, 0.3) is 11.1 Å². The highest BCUT2D eigenvalue weighted by Crippen LogP contribution is 2.25. The van der Waals surface area contributed by atoms with Crippen LogP contribution in [-0.4, -0.2) is 31.4 Å². The lowest BCUT2D eigenvalue weighted by Gasteiger charge is -2.26. The van der Waals surface area contributed by atoms with Gasteiger partial charge >= 0.3 is 0 Å². The van der Waals surface area contributed by atoms with Gasteiger partial charge in [-0.25, -0.2) is 14.4 Å². The Hall–Kier alpha value is -3.09. The topological polar surface area (TPSA) is 51.0 Å². The zero-order valence-electron chi connectivity index (χ0n) is 15.4. The van der Waals surface area contributed by atoms with Gasteiger partial charge < -0.3 is 9.47 Å². The lowest BCUT2D eigenvalue weighted by atomic mass is 10.0. The van der Waals surface area contributed by atoms with E-state index in [0.29, 0.717) is 23.4 Å². The third-order valence-corrected chi connectivity index (χ3v) is 4.23. The summed E-state index contributed by atoms with van der Waals surface area (Å²) in [6.07, 6.45) is 4.53. The zero-order valence-corrected chi connectivity index (χ0v) is 15.4. The van der Waals surface area contributed by atoms with Crippen molar-refractivity contribution in [3.05, 3.63) is 72.1 Å². The molecule has 0 aliphatic rings. The van der Waals surface area contributed by atoms with Gasteiger partial charge in [0.15, 0.2) is 0 Å². The predicted octanol–water partition coefficient (Wildman–Crippen LogP) is 3.81. The number of aryl methyl sites for hydroxylation is 1. The largest absolute Gasteiger partial charge is 0.340 e. The maximum absolute atomic E-state index is 14.3. The number of hydrogen-bond acceptors (Lipinski definition) is 3. The number of pyridine rings is 1. The number of carbonyl (C=O) groups is 1. The van der Waals surface area contributed by atoms with Gasteiger partial charge in [-0.3, -0.25) is 4.79 Å². The molecule has 5 nitrogen and oxygen atoms in total. The maximum Gasteiger partial charge on any atom is 0.274 e. The van der Waals surface area contributed by atoms with Crippen LogP contribution < -0.4 is 0 Å². The first-order valence-electron chi connectivity index (χ1n) is 8.54. The van der Waals surface area contributed by atoms with Crippen molar-refractivity contribution in [2.45, 2.75) is 26.4 Å². The Labute approximate surface area is 156 Å². The molecule has 2 aromatic heterocycles. The monoisotopic (exact) mass is 370 g/mol. The highest BCUT2D eigenvalue weighted by molar-refractivity contribution is 5.92. The molecule has 0 N–H and O–H groups in total. The van der Waals surface area contributed by atoms with E-state index in [1.165, 1.54) is 24.4 Å². The van der Waals surface area contributed by atoms with Crippen LogP contribution in [-0.2, 0) is 13.6 Å². The number of rotatable bonds is 5. The van der Waals surface area contributed by atoms with Crippen LogP contribution in [0.4, 0.5) is 8.78 Å². The first-order chi connectivity index (χ1) is 12.8. The molecule has 0 unspecified atom stereocenters. The summed E-state index contributed by atoms with van der Waals surface area (Å²) in [5, 5.41) is 0. The van der Waals surface area contributed by atoms with Crippen LogP contribution in [0.3, 0.4) is 0 Å². The molecule has 0 aliphatic carbocycles. The molecule has 1 aromatic carbocycles. The summed E-state index contributed by atoms with van der Waals surface area (Å²) in [6, 6.07) is 7.23. The lowest BCUT2D eigenvalue weighted by molar-refractivity contribution is 0.0684. The molecule has 1 amide bonds. The fourth-order valence-corrected chi connectivity index (χ4v) is 2.78. The quantitative estimate of drug-likeness (QED) is 0.642. The molecule has 3 rings (SSSR count). The summed E-state index contributed by atoms with van der Waals surface area (Å²) in [7, 11) is 1.80. The Bertz CT molecular complexity index is 951. The maximum atomic E-state index is 14.3. The first-order valence-corrected chi connectivity index (χ1v) is 8.54. The van der Waals surface area contributed by atoms with E-state index in [0.717, 1.165) is 5.56 Å². The van der Waals surface area contributed by atoms with Crippen LogP contribution in [0.15, 0.2) is 49.1 Å². The number of benzene rings is 1. The van der Waals surface area contributed by atoms with Crippen molar-refractivity contribution < 1.29 is 13.6 Å². The summed E-state index contributed by atoms with van der Waals surface area (Å²) in [5.74, 6) is -1.25. The Morgan fingerprint density at radius 1 is 1.19 bits per heavy atom. The molecule has 0 radical (unpaired) electrons. The van der Waals surface area contributed by atoms with Crippen molar-refractivity contribution in [3.63, 3.8) is 0 Å². The molecule has 0 saturated heterocycles. The first kappa shape index (κ1) is 18.7. The van der Waals surface area contributed by atoms with Gasteiger partial charge in [0, 0.05) is 43.2 Å². The molecule has 0 bridgehead atoms. The van der Waals surface area contributed by atoms with Gasteiger partial charge in [-0.1, -0.05) is 6.07 Å². The van der Waals surface area contributed by atoms with E-state index in [1.54, 1.807) is 41.2 Å². The van der Waals surface area contributed by atoms with Crippen LogP contribution in [0.1, 0.15) is 29.9 Å². The van der Waals surface area contributed by atoms with Crippen LogP contribution in [0.5, 0.6) is 0 Å². The van der Waals surface area contributed by atoms with E-state index < -0.39 is 11.8 Å². The molecule has 2 heterocycles. The van der Waals surface area contributed by atoms with E-state index in [9.17, 15) is 13.6 Å². The fraction of sp³-hybridized carbons (Fsp3) is 0.250. The van der Waals surface area contributed by atoms with Crippen molar-refractivity contribution in [1.82, 2.24) is 19.4 Å². The van der Waals surface area contributed by atoms with Gasteiger partial charge in [0.2, 0.25) is 5.95 Å². The summed E-state index contributed by atoms with van der Waals surface area (Å²) in [5.41, 5.74) is 1.90. The molecule has 7 heteroatoms. The third kappa shape index (κ3) is 4.19. The van der Waals surface area contributed by atoms with Gasteiger partial charge in [0.1, 0.15) is 11.5 Å². The Kier molecular flexibility index (Phi) is 5.30. The van der Waals surface area contributed by atoms with Crippen molar-refractivity contribution in [3.8, 4) is 11.1 Å².